The fraction of sp³-hybridized carbons (Fsp3) is 0.909. The van der Waals surface area contributed by atoms with Gasteiger partial charge in [-0.15, -0.1) is 0 Å². The number of nitrogens with zero attached hydrogens (tertiary/aromatic N) is 2. The Hall–Kier alpha value is -0.860. The standard InChI is InChI=1S/C11H24N4O3S/c1-2-18-9-3-5-13-11(12)14-6-8-15-7-4-10-19(15,16)17/h2-10H2,1H3,(H3,12,13,14). The Morgan fingerprint density at radius 1 is 1.53 bits per heavy atom. The van der Waals surface area contributed by atoms with E-state index in [9.17, 15) is 8.42 Å². The highest BCUT2D eigenvalue weighted by atomic mass is 32.2. The van der Waals surface area contributed by atoms with Gasteiger partial charge in [-0.3, -0.25) is 4.99 Å². The summed E-state index contributed by atoms with van der Waals surface area (Å²) in [5.41, 5.74) is 5.67. The molecule has 0 spiro atoms. The zero-order chi connectivity index (χ0) is 14.1. The van der Waals surface area contributed by atoms with E-state index in [4.69, 9.17) is 10.5 Å². The highest BCUT2D eigenvalue weighted by Gasteiger charge is 2.27. The fourth-order valence-corrected chi connectivity index (χ4v) is 3.35. The molecule has 1 aliphatic rings. The maximum absolute atomic E-state index is 11.5. The summed E-state index contributed by atoms with van der Waals surface area (Å²) in [6.45, 7) is 5.49. The van der Waals surface area contributed by atoms with Crippen molar-refractivity contribution in [2.45, 2.75) is 19.8 Å². The molecule has 1 rings (SSSR count). The number of hydrogen-bond acceptors (Lipinski definition) is 4. The molecule has 8 heteroatoms. The molecule has 0 bridgehead atoms. The Labute approximate surface area is 115 Å². The average molecular weight is 292 g/mol. The van der Waals surface area contributed by atoms with Crippen molar-refractivity contribution in [1.29, 1.82) is 0 Å². The third kappa shape index (κ3) is 6.22. The maximum atomic E-state index is 11.5. The van der Waals surface area contributed by atoms with Crippen molar-refractivity contribution in [1.82, 2.24) is 9.62 Å². The topological polar surface area (TPSA) is 97.0 Å². The van der Waals surface area contributed by atoms with E-state index < -0.39 is 10.0 Å². The number of rotatable bonds is 8. The summed E-state index contributed by atoms with van der Waals surface area (Å²) >= 11 is 0. The van der Waals surface area contributed by atoms with Crippen LogP contribution < -0.4 is 11.1 Å². The second-order valence-electron chi connectivity index (χ2n) is 4.31. The molecule has 7 nitrogen and oxygen atoms in total. The molecule has 0 aliphatic carbocycles. The van der Waals surface area contributed by atoms with Crippen molar-refractivity contribution in [2.24, 2.45) is 10.7 Å². The predicted octanol–water partition coefficient (Wildman–Crippen LogP) is -0.647. The Bertz CT molecular complexity index is 383. The number of hydrogen-bond donors (Lipinski definition) is 2. The molecule has 0 aromatic heterocycles. The molecule has 0 atom stereocenters. The molecule has 1 saturated heterocycles. The van der Waals surface area contributed by atoms with Crippen molar-refractivity contribution in [2.75, 3.05) is 45.1 Å². The smallest absolute Gasteiger partial charge is 0.214 e. The van der Waals surface area contributed by atoms with Crippen LogP contribution in [0.25, 0.3) is 0 Å². The van der Waals surface area contributed by atoms with Crippen LogP contribution in [0.15, 0.2) is 4.99 Å². The first-order valence-corrected chi connectivity index (χ1v) is 8.26. The highest BCUT2D eigenvalue weighted by Crippen LogP contribution is 2.11. The van der Waals surface area contributed by atoms with Crippen LogP contribution in [0.5, 0.6) is 0 Å². The Kier molecular flexibility index (Phi) is 7.11. The molecule has 1 fully saturated rings. The van der Waals surface area contributed by atoms with Crippen molar-refractivity contribution in [3.8, 4) is 0 Å². The quantitative estimate of drug-likeness (QED) is 0.352. The van der Waals surface area contributed by atoms with E-state index >= 15 is 0 Å². The van der Waals surface area contributed by atoms with Crippen molar-refractivity contribution in [3.05, 3.63) is 0 Å². The summed E-state index contributed by atoms with van der Waals surface area (Å²) < 4.78 is 29.7. The van der Waals surface area contributed by atoms with Crippen LogP contribution in [0, 0.1) is 0 Å². The summed E-state index contributed by atoms with van der Waals surface area (Å²) in [5.74, 6) is 0.613. The summed E-state index contributed by atoms with van der Waals surface area (Å²) in [5, 5.41) is 2.92. The summed E-state index contributed by atoms with van der Waals surface area (Å²) in [7, 11) is -3.02. The normalized spacial score (nSPS) is 19.7. The first kappa shape index (κ1) is 16.2. The largest absolute Gasteiger partial charge is 0.382 e. The molecule has 0 aromatic carbocycles. The van der Waals surface area contributed by atoms with Gasteiger partial charge in [0.15, 0.2) is 5.96 Å². The van der Waals surface area contributed by atoms with E-state index in [0.717, 1.165) is 6.42 Å². The van der Waals surface area contributed by atoms with Gasteiger partial charge < -0.3 is 15.8 Å². The van der Waals surface area contributed by atoms with Gasteiger partial charge in [0.05, 0.1) is 5.75 Å². The predicted molar refractivity (Wildman–Crippen MR) is 75.6 cm³/mol. The van der Waals surface area contributed by atoms with Gasteiger partial charge in [-0.05, 0) is 19.8 Å². The summed E-state index contributed by atoms with van der Waals surface area (Å²) in [4.78, 5) is 4.13. The number of ether oxygens (including phenoxy) is 1. The average Bonchev–Trinajstić information content (AvgIpc) is 2.69. The number of sulfonamides is 1. The molecular formula is C11H24N4O3S. The molecule has 0 amide bonds. The number of nitrogens with one attached hydrogen (secondary N) is 1. The van der Waals surface area contributed by atoms with Crippen LogP contribution in [-0.2, 0) is 14.8 Å². The van der Waals surface area contributed by atoms with E-state index in [2.05, 4.69) is 10.3 Å². The Balaban J connectivity index is 2.13. The minimum Gasteiger partial charge on any atom is -0.382 e. The zero-order valence-electron chi connectivity index (χ0n) is 11.5. The highest BCUT2D eigenvalue weighted by molar-refractivity contribution is 7.89. The lowest BCUT2D eigenvalue weighted by Gasteiger charge is -2.14. The van der Waals surface area contributed by atoms with Gasteiger partial charge in [-0.1, -0.05) is 0 Å². The van der Waals surface area contributed by atoms with Crippen LogP contribution in [0.1, 0.15) is 19.8 Å². The van der Waals surface area contributed by atoms with Gasteiger partial charge in [-0.25, -0.2) is 12.7 Å². The molecule has 0 unspecified atom stereocenters. The monoisotopic (exact) mass is 292 g/mol. The van der Waals surface area contributed by atoms with Crippen LogP contribution in [-0.4, -0.2) is 63.8 Å². The van der Waals surface area contributed by atoms with Gasteiger partial charge in [0, 0.05) is 39.4 Å². The third-order valence-corrected chi connectivity index (χ3v) is 4.76. The van der Waals surface area contributed by atoms with Crippen LogP contribution in [0.2, 0.25) is 0 Å². The van der Waals surface area contributed by atoms with Crippen molar-refractivity contribution in [3.63, 3.8) is 0 Å². The van der Waals surface area contributed by atoms with Crippen LogP contribution >= 0.6 is 0 Å². The lowest BCUT2D eigenvalue weighted by atomic mass is 10.4. The molecule has 1 heterocycles. The maximum Gasteiger partial charge on any atom is 0.214 e. The molecule has 0 radical (unpaired) electrons. The Morgan fingerprint density at radius 2 is 2.32 bits per heavy atom. The summed E-state index contributed by atoms with van der Waals surface area (Å²) in [6, 6.07) is 0. The van der Waals surface area contributed by atoms with Gasteiger partial charge in [0.2, 0.25) is 10.0 Å². The SMILES string of the molecule is CCOCCCN=C(N)NCCN1CCCS1(=O)=O. The molecule has 0 saturated carbocycles. The Morgan fingerprint density at radius 3 is 2.95 bits per heavy atom. The van der Waals surface area contributed by atoms with E-state index in [1.807, 2.05) is 6.92 Å². The van der Waals surface area contributed by atoms with E-state index in [1.54, 1.807) is 0 Å². The molecule has 0 aromatic rings. The first-order chi connectivity index (χ1) is 9.06. The molecule has 112 valence electrons. The second kappa shape index (κ2) is 8.34. The van der Waals surface area contributed by atoms with Gasteiger partial charge >= 0.3 is 0 Å². The minimum absolute atomic E-state index is 0.258. The lowest BCUT2D eigenvalue weighted by Crippen LogP contribution is -2.39. The minimum atomic E-state index is -3.02. The number of nitrogens with two attached hydrogens (primary N) is 1. The molecular weight excluding hydrogens is 268 g/mol. The van der Waals surface area contributed by atoms with Gasteiger partial charge in [-0.2, -0.15) is 0 Å². The fourth-order valence-electron chi connectivity index (χ4n) is 1.82. The second-order valence-corrected chi connectivity index (χ2v) is 6.40. The van der Waals surface area contributed by atoms with Gasteiger partial charge in [0.25, 0.3) is 0 Å². The van der Waals surface area contributed by atoms with E-state index in [-0.39, 0.29) is 5.75 Å². The third-order valence-electron chi connectivity index (χ3n) is 2.80. The number of guanidine groups is 1. The number of aliphatic imine (C=N–C) groups is 1. The molecule has 3 N–H and O–H groups in total. The molecule has 1 aliphatic heterocycles. The van der Waals surface area contributed by atoms with Gasteiger partial charge in [0.1, 0.15) is 0 Å². The van der Waals surface area contributed by atoms with Crippen LogP contribution in [0.3, 0.4) is 0 Å². The van der Waals surface area contributed by atoms with E-state index in [0.29, 0.717) is 51.8 Å². The van der Waals surface area contributed by atoms with Crippen LogP contribution in [0.4, 0.5) is 0 Å². The summed E-state index contributed by atoms with van der Waals surface area (Å²) in [6.07, 6.45) is 1.54. The first-order valence-electron chi connectivity index (χ1n) is 6.65. The van der Waals surface area contributed by atoms with E-state index in [1.165, 1.54) is 4.31 Å². The lowest BCUT2D eigenvalue weighted by molar-refractivity contribution is 0.146. The zero-order valence-corrected chi connectivity index (χ0v) is 12.3. The van der Waals surface area contributed by atoms with Crippen molar-refractivity contribution < 1.29 is 13.2 Å². The molecule has 19 heavy (non-hydrogen) atoms. The van der Waals surface area contributed by atoms with Crippen molar-refractivity contribution >= 4 is 16.0 Å².